The van der Waals surface area contributed by atoms with E-state index in [1.807, 2.05) is 13.0 Å². The van der Waals surface area contributed by atoms with Gasteiger partial charge in [-0.3, -0.25) is 9.48 Å². The maximum absolute atomic E-state index is 12.3. The van der Waals surface area contributed by atoms with E-state index in [1.165, 1.54) is 10.4 Å². The number of thiophene rings is 1. The lowest BCUT2D eigenvalue weighted by Gasteiger charge is -2.16. The Balaban J connectivity index is 1.75. The van der Waals surface area contributed by atoms with Crippen LogP contribution in [0.1, 0.15) is 27.2 Å². The van der Waals surface area contributed by atoms with E-state index < -0.39 is 0 Å². The van der Waals surface area contributed by atoms with Gasteiger partial charge in [-0.25, -0.2) is 4.98 Å². The normalized spacial score (nSPS) is 12.3. The molecule has 3 aromatic heterocycles. The molecule has 7 heteroatoms. The summed E-state index contributed by atoms with van der Waals surface area (Å²) in [7, 11) is 0. The third kappa shape index (κ3) is 4.05. The van der Waals surface area contributed by atoms with E-state index in [-0.39, 0.29) is 18.5 Å². The van der Waals surface area contributed by atoms with E-state index in [1.54, 1.807) is 39.7 Å². The second-order valence-electron chi connectivity index (χ2n) is 5.35. The van der Waals surface area contributed by atoms with Crippen LogP contribution in [0.5, 0.6) is 0 Å². The zero-order valence-corrected chi connectivity index (χ0v) is 14.7. The first-order chi connectivity index (χ1) is 11.1. The molecule has 0 radical (unpaired) electrons. The summed E-state index contributed by atoms with van der Waals surface area (Å²) in [5, 5.41) is 12.3. The van der Waals surface area contributed by atoms with Crippen LogP contribution in [-0.4, -0.2) is 20.7 Å². The van der Waals surface area contributed by atoms with Gasteiger partial charge in [0.1, 0.15) is 11.6 Å². The molecule has 0 spiro atoms. The summed E-state index contributed by atoms with van der Waals surface area (Å²) >= 11 is 3.31. The number of hydrogen-bond donors (Lipinski definition) is 1. The molecule has 0 fully saturated rings. The van der Waals surface area contributed by atoms with Gasteiger partial charge >= 0.3 is 0 Å². The monoisotopic (exact) mass is 346 g/mol. The topological polar surface area (TPSA) is 59.8 Å². The Morgan fingerprint density at radius 2 is 2.30 bits per heavy atom. The molecule has 3 rings (SSSR count). The van der Waals surface area contributed by atoms with Crippen LogP contribution < -0.4 is 5.32 Å². The van der Waals surface area contributed by atoms with Gasteiger partial charge in [-0.1, -0.05) is 0 Å². The van der Waals surface area contributed by atoms with Crippen molar-refractivity contribution in [1.29, 1.82) is 0 Å². The minimum atomic E-state index is -0.106. The van der Waals surface area contributed by atoms with Gasteiger partial charge in [0.25, 0.3) is 0 Å². The van der Waals surface area contributed by atoms with Crippen molar-refractivity contribution in [2.24, 2.45) is 0 Å². The molecular formula is C16H18N4OS2. The number of amides is 1. The third-order valence-electron chi connectivity index (χ3n) is 3.56. The summed E-state index contributed by atoms with van der Waals surface area (Å²) in [4.78, 5) is 18.1. The van der Waals surface area contributed by atoms with Crippen LogP contribution in [0.25, 0.3) is 0 Å². The largest absolute Gasteiger partial charge is 0.345 e. The molecule has 0 aliphatic carbocycles. The molecular weight excluding hydrogens is 328 g/mol. The number of thiazole rings is 1. The second-order valence-corrected chi connectivity index (χ2v) is 7.37. The summed E-state index contributed by atoms with van der Waals surface area (Å²) in [5.74, 6) is -0.0561. The van der Waals surface area contributed by atoms with Crippen molar-refractivity contribution in [2.75, 3.05) is 0 Å². The third-order valence-corrected chi connectivity index (χ3v) is 5.48. The van der Waals surface area contributed by atoms with Gasteiger partial charge in [-0.05, 0) is 42.3 Å². The zero-order valence-electron chi connectivity index (χ0n) is 13.0. The van der Waals surface area contributed by atoms with E-state index in [4.69, 9.17) is 0 Å². The molecule has 0 saturated heterocycles. The first kappa shape index (κ1) is 15.9. The summed E-state index contributed by atoms with van der Waals surface area (Å²) < 4.78 is 1.62. The molecule has 120 valence electrons. The smallest absolute Gasteiger partial charge is 0.242 e. The maximum Gasteiger partial charge on any atom is 0.242 e. The van der Waals surface area contributed by atoms with Crippen LogP contribution in [0.2, 0.25) is 0 Å². The molecule has 3 aromatic rings. The van der Waals surface area contributed by atoms with E-state index >= 15 is 0 Å². The SMILES string of the molecule is Cc1nc([C@H](Cc2ccsc2)NC(=O)Cn2cccn2)sc1C. The van der Waals surface area contributed by atoms with E-state index in [9.17, 15) is 4.79 Å². The Morgan fingerprint density at radius 3 is 2.91 bits per heavy atom. The van der Waals surface area contributed by atoms with Gasteiger partial charge in [0.05, 0.1) is 11.7 Å². The molecule has 0 aliphatic rings. The van der Waals surface area contributed by atoms with Gasteiger partial charge in [-0.15, -0.1) is 11.3 Å². The number of aromatic nitrogens is 3. The average Bonchev–Trinajstić information content (AvgIpc) is 3.23. The molecule has 0 unspecified atom stereocenters. The Morgan fingerprint density at radius 1 is 1.43 bits per heavy atom. The number of aryl methyl sites for hydroxylation is 2. The van der Waals surface area contributed by atoms with Crippen molar-refractivity contribution in [1.82, 2.24) is 20.1 Å². The number of carbonyl (C=O) groups excluding carboxylic acids is 1. The minimum Gasteiger partial charge on any atom is -0.345 e. The number of nitrogens with one attached hydrogen (secondary N) is 1. The van der Waals surface area contributed by atoms with Crippen molar-refractivity contribution in [2.45, 2.75) is 32.9 Å². The van der Waals surface area contributed by atoms with E-state index in [2.05, 4.69) is 39.1 Å². The average molecular weight is 346 g/mol. The van der Waals surface area contributed by atoms with Crippen molar-refractivity contribution in [3.63, 3.8) is 0 Å². The minimum absolute atomic E-state index is 0.0561. The predicted molar refractivity (Wildman–Crippen MR) is 92.7 cm³/mol. The highest BCUT2D eigenvalue weighted by Crippen LogP contribution is 2.26. The van der Waals surface area contributed by atoms with Crippen LogP contribution >= 0.6 is 22.7 Å². The number of carbonyl (C=O) groups is 1. The molecule has 0 bridgehead atoms. The molecule has 0 aromatic carbocycles. The maximum atomic E-state index is 12.3. The number of hydrogen-bond acceptors (Lipinski definition) is 5. The molecule has 23 heavy (non-hydrogen) atoms. The van der Waals surface area contributed by atoms with Crippen molar-refractivity contribution in [3.05, 3.63) is 56.4 Å². The first-order valence-corrected chi connectivity index (χ1v) is 9.09. The Labute approximate surface area is 143 Å². The first-order valence-electron chi connectivity index (χ1n) is 7.33. The fourth-order valence-corrected chi connectivity index (χ4v) is 3.93. The van der Waals surface area contributed by atoms with Crippen molar-refractivity contribution < 1.29 is 4.79 Å². The lowest BCUT2D eigenvalue weighted by molar-refractivity contribution is -0.122. The number of nitrogens with zero attached hydrogens (tertiary/aromatic N) is 3. The quantitative estimate of drug-likeness (QED) is 0.746. The predicted octanol–water partition coefficient (Wildman–Crippen LogP) is 3.12. The summed E-state index contributed by atoms with van der Waals surface area (Å²) in [5.41, 5.74) is 2.24. The van der Waals surface area contributed by atoms with Gasteiger partial charge in [0.2, 0.25) is 5.91 Å². The van der Waals surface area contributed by atoms with Crippen LogP contribution in [0.4, 0.5) is 0 Å². The molecule has 1 atom stereocenters. The summed E-state index contributed by atoms with van der Waals surface area (Å²) in [6.07, 6.45) is 4.20. The zero-order chi connectivity index (χ0) is 16.2. The molecule has 1 amide bonds. The second kappa shape index (κ2) is 7.06. The van der Waals surface area contributed by atoms with Crippen LogP contribution in [0, 0.1) is 13.8 Å². The molecule has 3 heterocycles. The number of rotatable bonds is 6. The summed E-state index contributed by atoms with van der Waals surface area (Å²) in [6, 6.07) is 3.79. The van der Waals surface area contributed by atoms with Crippen LogP contribution in [0.15, 0.2) is 35.3 Å². The van der Waals surface area contributed by atoms with E-state index in [0.29, 0.717) is 0 Å². The van der Waals surface area contributed by atoms with Crippen LogP contribution in [0.3, 0.4) is 0 Å². The standard InChI is InChI=1S/C16H18N4OS2/c1-11-12(2)23-16(18-11)14(8-13-4-7-22-10-13)19-15(21)9-20-6-3-5-17-20/h3-7,10,14H,8-9H2,1-2H3,(H,19,21)/t14-/m0/s1. The van der Waals surface area contributed by atoms with Crippen LogP contribution in [-0.2, 0) is 17.8 Å². The van der Waals surface area contributed by atoms with Crippen molar-refractivity contribution >= 4 is 28.6 Å². The molecule has 1 N–H and O–H groups in total. The van der Waals surface area contributed by atoms with Gasteiger partial charge in [0.15, 0.2) is 0 Å². The van der Waals surface area contributed by atoms with Crippen molar-refractivity contribution in [3.8, 4) is 0 Å². The highest BCUT2D eigenvalue weighted by atomic mass is 32.1. The lowest BCUT2D eigenvalue weighted by atomic mass is 10.1. The van der Waals surface area contributed by atoms with E-state index in [0.717, 1.165) is 17.1 Å². The molecule has 0 saturated carbocycles. The fourth-order valence-electron chi connectivity index (χ4n) is 2.27. The molecule has 5 nitrogen and oxygen atoms in total. The Hall–Kier alpha value is -1.99. The Kier molecular flexibility index (Phi) is 4.88. The molecule has 0 aliphatic heterocycles. The summed E-state index contributed by atoms with van der Waals surface area (Å²) in [6.45, 7) is 4.28. The van der Waals surface area contributed by atoms with Gasteiger partial charge < -0.3 is 5.32 Å². The lowest BCUT2D eigenvalue weighted by Crippen LogP contribution is -2.32. The highest BCUT2D eigenvalue weighted by Gasteiger charge is 2.20. The Bertz CT molecular complexity index is 743. The highest BCUT2D eigenvalue weighted by molar-refractivity contribution is 7.11. The van der Waals surface area contributed by atoms with Gasteiger partial charge in [-0.2, -0.15) is 16.4 Å². The van der Waals surface area contributed by atoms with Gasteiger partial charge in [0, 0.05) is 23.7 Å². The fraction of sp³-hybridized carbons (Fsp3) is 0.312.